The molecule has 1 heterocycles. The minimum atomic E-state index is -0.412. The van der Waals surface area contributed by atoms with Crippen LogP contribution in [-0.2, 0) is 4.79 Å². The molecule has 0 saturated carbocycles. The Hall–Kier alpha value is -2.31. The van der Waals surface area contributed by atoms with E-state index >= 15 is 0 Å². The molecule has 0 saturated heterocycles. The van der Waals surface area contributed by atoms with Gasteiger partial charge >= 0.3 is 0 Å². The van der Waals surface area contributed by atoms with Crippen molar-refractivity contribution in [2.24, 2.45) is 5.73 Å². The van der Waals surface area contributed by atoms with Crippen LogP contribution in [0.1, 0.15) is 12.5 Å². The van der Waals surface area contributed by atoms with Gasteiger partial charge in [0.05, 0.1) is 10.9 Å². The average Bonchev–Trinajstić information content (AvgIpc) is 2.99. The second-order valence-corrected chi connectivity index (χ2v) is 7.34. The number of amides is 1. The first-order chi connectivity index (χ1) is 12.0. The topological polar surface area (TPSA) is 73.8 Å². The quantitative estimate of drug-likeness (QED) is 0.690. The van der Waals surface area contributed by atoms with Gasteiger partial charge in [-0.1, -0.05) is 41.6 Å². The van der Waals surface area contributed by atoms with E-state index in [0.29, 0.717) is 16.0 Å². The highest BCUT2D eigenvalue weighted by atomic mass is 35.5. The third-order valence-electron chi connectivity index (χ3n) is 3.77. The number of hydrogen-bond acceptors (Lipinski definition) is 4. The van der Waals surface area contributed by atoms with Gasteiger partial charge < -0.3 is 5.73 Å². The molecule has 1 amide bonds. The maximum Gasteiger partial charge on any atom is 0.230 e. The van der Waals surface area contributed by atoms with E-state index in [-0.39, 0.29) is 0 Å². The molecule has 2 N–H and O–H groups in total. The number of nitrogens with two attached hydrogens (primary N) is 1. The molecule has 25 heavy (non-hydrogen) atoms. The summed E-state index contributed by atoms with van der Waals surface area (Å²) in [5, 5.41) is 9.49. The molecule has 0 aliphatic carbocycles. The lowest BCUT2D eigenvalue weighted by Crippen LogP contribution is -2.23. The van der Waals surface area contributed by atoms with Crippen molar-refractivity contribution in [1.82, 2.24) is 14.8 Å². The molecule has 0 unspecified atom stereocenters. The lowest BCUT2D eigenvalue weighted by atomic mass is 10.1. The maximum atomic E-state index is 11.5. The zero-order valence-corrected chi connectivity index (χ0v) is 15.4. The molecule has 1 atom stereocenters. The molecule has 0 radical (unpaired) electrons. The number of rotatable bonds is 5. The van der Waals surface area contributed by atoms with E-state index in [0.717, 1.165) is 16.8 Å². The van der Waals surface area contributed by atoms with Crippen LogP contribution in [0.5, 0.6) is 0 Å². The molecule has 0 aliphatic heterocycles. The Balaban J connectivity index is 2.16. The first-order valence-corrected chi connectivity index (χ1v) is 8.96. The minimum Gasteiger partial charge on any atom is -0.369 e. The van der Waals surface area contributed by atoms with E-state index < -0.39 is 11.2 Å². The molecule has 0 fully saturated rings. The van der Waals surface area contributed by atoms with Crippen LogP contribution in [0, 0.1) is 6.92 Å². The van der Waals surface area contributed by atoms with Crippen molar-refractivity contribution in [3.05, 3.63) is 59.1 Å². The summed E-state index contributed by atoms with van der Waals surface area (Å²) in [4.78, 5) is 11.5. The van der Waals surface area contributed by atoms with Gasteiger partial charge in [-0.2, -0.15) is 0 Å². The molecule has 3 rings (SSSR count). The maximum absolute atomic E-state index is 11.5. The predicted octanol–water partition coefficient (Wildman–Crippen LogP) is 3.86. The molecular weight excluding hydrogens is 356 g/mol. The zero-order valence-electron chi connectivity index (χ0n) is 13.8. The number of halogens is 1. The number of thioether (sulfide) groups is 1. The number of hydrogen-bond donors (Lipinski definition) is 1. The molecule has 2 aromatic carbocycles. The highest BCUT2D eigenvalue weighted by Gasteiger charge is 2.21. The van der Waals surface area contributed by atoms with E-state index in [1.54, 1.807) is 6.92 Å². The molecular formula is C18H17ClN4OS. The number of aromatic nitrogens is 3. The summed E-state index contributed by atoms with van der Waals surface area (Å²) in [5.74, 6) is 0.294. The van der Waals surface area contributed by atoms with Crippen LogP contribution >= 0.6 is 23.4 Å². The van der Waals surface area contributed by atoms with Gasteiger partial charge in [0.1, 0.15) is 0 Å². The Morgan fingerprint density at radius 1 is 1.16 bits per heavy atom. The Kier molecular flexibility index (Phi) is 5.11. The number of carbonyl (C=O) groups is 1. The molecule has 0 spiro atoms. The van der Waals surface area contributed by atoms with Gasteiger partial charge in [-0.3, -0.25) is 9.36 Å². The number of para-hydroxylation sites is 1. The van der Waals surface area contributed by atoms with Crippen molar-refractivity contribution in [3.8, 4) is 17.1 Å². The zero-order chi connectivity index (χ0) is 18.0. The van der Waals surface area contributed by atoms with Gasteiger partial charge in [-0.05, 0) is 49.7 Å². The Morgan fingerprint density at radius 2 is 1.84 bits per heavy atom. The van der Waals surface area contributed by atoms with Gasteiger partial charge in [0.15, 0.2) is 11.0 Å². The fraction of sp³-hybridized carbons (Fsp3) is 0.167. The number of primary amides is 1. The third kappa shape index (κ3) is 3.70. The van der Waals surface area contributed by atoms with E-state index in [4.69, 9.17) is 17.3 Å². The minimum absolute atomic E-state index is 0.391. The fourth-order valence-corrected chi connectivity index (χ4v) is 3.32. The first kappa shape index (κ1) is 17.5. The second-order valence-electron chi connectivity index (χ2n) is 5.60. The SMILES string of the molecule is Cc1ccccc1-n1c(S[C@@H](C)C(N)=O)nnc1-c1ccc(Cl)cc1. The van der Waals surface area contributed by atoms with E-state index in [2.05, 4.69) is 10.2 Å². The largest absolute Gasteiger partial charge is 0.369 e. The first-order valence-electron chi connectivity index (χ1n) is 7.70. The lowest BCUT2D eigenvalue weighted by molar-refractivity contribution is -0.117. The van der Waals surface area contributed by atoms with Crippen molar-refractivity contribution < 1.29 is 4.79 Å². The van der Waals surface area contributed by atoms with Gasteiger partial charge in [0.2, 0.25) is 5.91 Å². The van der Waals surface area contributed by atoms with Crippen LogP contribution in [0.3, 0.4) is 0 Å². The van der Waals surface area contributed by atoms with Crippen LogP contribution in [0.4, 0.5) is 0 Å². The standard InChI is InChI=1S/C18H17ClN4OS/c1-11-5-3-4-6-15(11)23-17(13-7-9-14(19)10-8-13)21-22-18(23)25-12(2)16(20)24/h3-10,12H,1-2H3,(H2,20,24)/t12-/m0/s1. The highest BCUT2D eigenvalue weighted by molar-refractivity contribution is 8.00. The summed E-state index contributed by atoms with van der Waals surface area (Å²) in [7, 11) is 0. The summed E-state index contributed by atoms with van der Waals surface area (Å²) in [6, 6.07) is 15.4. The second kappa shape index (κ2) is 7.29. The lowest BCUT2D eigenvalue weighted by Gasteiger charge is -2.14. The molecule has 128 valence electrons. The number of benzene rings is 2. The van der Waals surface area contributed by atoms with Crippen molar-refractivity contribution in [1.29, 1.82) is 0 Å². The van der Waals surface area contributed by atoms with Crippen molar-refractivity contribution >= 4 is 29.3 Å². The van der Waals surface area contributed by atoms with Crippen LogP contribution in [-0.4, -0.2) is 25.9 Å². The Labute approximate surface area is 155 Å². The monoisotopic (exact) mass is 372 g/mol. The number of nitrogens with zero attached hydrogens (tertiary/aromatic N) is 3. The van der Waals surface area contributed by atoms with E-state index in [1.165, 1.54) is 11.8 Å². The van der Waals surface area contributed by atoms with Crippen LogP contribution in [0.15, 0.2) is 53.7 Å². The summed E-state index contributed by atoms with van der Waals surface area (Å²) >= 11 is 7.28. The van der Waals surface area contributed by atoms with Crippen LogP contribution in [0.2, 0.25) is 5.02 Å². The van der Waals surface area contributed by atoms with Crippen molar-refractivity contribution in [2.45, 2.75) is 24.3 Å². The van der Waals surface area contributed by atoms with Gasteiger partial charge in [-0.25, -0.2) is 0 Å². The predicted molar refractivity (Wildman–Crippen MR) is 101 cm³/mol. The fourth-order valence-electron chi connectivity index (χ4n) is 2.38. The molecule has 0 bridgehead atoms. The number of aryl methyl sites for hydroxylation is 1. The Bertz CT molecular complexity index is 908. The molecule has 0 aliphatic rings. The summed E-state index contributed by atoms with van der Waals surface area (Å²) in [6.07, 6.45) is 0. The molecule has 5 nitrogen and oxygen atoms in total. The molecule has 3 aromatic rings. The van der Waals surface area contributed by atoms with E-state index in [1.807, 2.05) is 60.0 Å². The number of carbonyl (C=O) groups excluding carboxylic acids is 1. The van der Waals surface area contributed by atoms with E-state index in [9.17, 15) is 4.79 Å². The van der Waals surface area contributed by atoms with Crippen molar-refractivity contribution in [2.75, 3.05) is 0 Å². The molecule has 7 heteroatoms. The van der Waals surface area contributed by atoms with Gasteiger partial charge in [0.25, 0.3) is 0 Å². The van der Waals surface area contributed by atoms with Gasteiger partial charge in [-0.15, -0.1) is 10.2 Å². The van der Waals surface area contributed by atoms with Crippen LogP contribution < -0.4 is 5.73 Å². The third-order valence-corrected chi connectivity index (χ3v) is 5.09. The summed E-state index contributed by atoms with van der Waals surface area (Å²) in [5.41, 5.74) is 8.32. The molecule has 1 aromatic heterocycles. The van der Waals surface area contributed by atoms with Crippen molar-refractivity contribution in [3.63, 3.8) is 0 Å². The smallest absolute Gasteiger partial charge is 0.230 e. The van der Waals surface area contributed by atoms with Crippen LogP contribution in [0.25, 0.3) is 17.1 Å². The summed E-state index contributed by atoms with van der Waals surface area (Å²) < 4.78 is 1.95. The highest BCUT2D eigenvalue weighted by Crippen LogP contribution is 2.31. The Morgan fingerprint density at radius 3 is 2.48 bits per heavy atom. The average molecular weight is 373 g/mol. The summed E-state index contributed by atoms with van der Waals surface area (Å²) in [6.45, 7) is 3.78. The van der Waals surface area contributed by atoms with Gasteiger partial charge in [0, 0.05) is 10.6 Å². The normalized spacial score (nSPS) is 12.1.